The van der Waals surface area contributed by atoms with Crippen LogP contribution in [0.3, 0.4) is 0 Å². The van der Waals surface area contributed by atoms with E-state index in [4.69, 9.17) is 0 Å². The fraction of sp³-hybridized carbons (Fsp3) is 0.941. The second-order valence-electron chi connectivity index (χ2n) is 7.16. The minimum absolute atomic E-state index is 0.288. The first-order chi connectivity index (χ1) is 9.65. The number of piperidine rings is 1. The number of hydrogen-bond acceptors (Lipinski definition) is 2. The Morgan fingerprint density at radius 3 is 2.35 bits per heavy atom. The lowest BCUT2D eigenvalue weighted by atomic mass is 9.79. The van der Waals surface area contributed by atoms with E-state index in [0.29, 0.717) is 6.04 Å². The molecule has 2 fully saturated rings. The van der Waals surface area contributed by atoms with Crippen molar-refractivity contribution in [3.8, 4) is 0 Å². The maximum atomic E-state index is 12.0. The van der Waals surface area contributed by atoms with Crippen LogP contribution in [0.5, 0.6) is 0 Å². The summed E-state index contributed by atoms with van der Waals surface area (Å²) < 4.78 is 0. The molecule has 0 unspecified atom stereocenters. The summed E-state index contributed by atoms with van der Waals surface area (Å²) in [6, 6.07) is 0.450. The van der Waals surface area contributed by atoms with Gasteiger partial charge in [0, 0.05) is 12.5 Å². The third-order valence-electron chi connectivity index (χ3n) is 5.32. The maximum Gasteiger partial charge on any atom is 0.220 e. The molecule has 2 rings (SSSR count). The predicted molar refractivity (Wildman–Crippen MR) is 83.6 cm³/mol. The number of nitrogens with one attached hydrogen (secondary N) is 2. The highest BCUT2D eigenvalue weighted by Crippen LogP contribution is 2.30. The topological polar surface area (TPSA) is 41.1 Å². The Morgan fingerprint density at radius 1 is 1.10 bits per heavy atom. The van der Waals surface area contributed by atoms with Gasteiger partial charge in [-0.15, -0.1) is 0 Å². The molecule has 3 heteroatoms. The Morgan fingerprint density at radius 2 is 1.75 bits per heavy atom. The Hall–Kier alpha value is -0.570. The molecular weight excluding hydrogens is 248 g/mol. The van der Waals surface area contributed by atoms with Gasteiger partial charge in [0.1, 0.15) is 0 Å². The second kappa shape index (κ2) is 8.02. The number of rotatable bonds is 5. The second-order valence-corrected chi connectivity index (χ2v) is 7.16. The van der Waals surface area contributed by atoms with Gasteiger partial charge in [0.05, 0.1) is 0 Å². The van der Waals surface area contributed by atoms with E-state index in [1.54, 1.807) is 0 Å². The number of amides is 1. The number of carbonyl (C=O) groups excluding carboxylic acids is 1. The molecule has 0 aromatic rings. The summed E-state index contributed by atoms with van der Waals surface area (Å²) in [4.78, 5) is 12.0. The third kappa shape index (κ3) is 5.08. The van der Waals surface area contributed by atoms with Crippen molar-refractivity contribution in [2.75, 3.05) is 13.1 Å². The minimum atomic E-state index is 0.288. The molecule has 116 valence electrons. The van der Waals surface area contributed by atoms with Crippen molar-refractivity contribution < 1.29 is 4.79 Å². The van der Waals surface area contributed by atoms with Gasteiger partial charge in [0.25, 0.3) is 0 Å². The molecule has 20 heavy (non-hydrogen) atoms. The van der Waals surface area contributed by atoms with Gasteiger partial charge in [-0.25, -0.2) is 0 Å². The quantitative estimate of drug-likeness (QED) is 0.812. The van der Waals surface area contributed by atoms with Crippen LogP contribution in [0.4, 0.5) is 0 Å². The summed E-state index contributed by atoms with van der Waals surface area (Å²) in [6.07, 6.45) is 9.24. The van der Waals surface area contributed by atoms with Crippen molar-refractivity contribution in [2.24, 2.45) is 17.8 Å². The van der Waals surface area contributed by atoms with Crippen LogP contribution >= 0.6 is 0 Å². The summed E-state index contributed by atoms with van der Waals surface area (Å²) in [7, 11) is 0. The molecule has 0 spiro atoms. The zero-order valence-corrected chi connectivity index (χ0v) is 13.3. The van der Waals surface area contributed by atoms with E-state index in [1.165, 1.54) is 38.5 Å². The summed E-state index contributed by atoms with van der Waals surface area (Å²) >= 11 is 0. The van der Waals surface area contributed by atoms with Crippen LogP contribution in [0.15, 0.2) is 0 Å². The Bertz CT molecular complexity index is 289. The maximum absolute atomic E-state index is 12.0. The van der Waals surface area contributed by atoms with Gasteiger partial charge in [0.15, 0.2) is 0 Å². The molecule has 1 aliphatic carbocycles. The molecule has 0 bridgehead atoms. The molecule has 1 saturated carbocycles. The van der Waals surface area contributed by atoms with Crippen molar-refractivity contribution in [3.63, 3.8) is 0 Å². The first-order valence-corrected chi connectivity index (χ1v) is 8.65. The standard InChI is InChI=1S/C17H32N2O/c1-13(2)15-4-6-16(7-5-15)19-17(20)8-3-14-9-11-18-12-10-14/h13-16,18H,3-12H2,1-2H3,(H,19,20). The first-order valence-electron chi connectivity index (χ1n) is 8.65. The van der Waals surface area contributed by atoms with Crippen LogP contribution in [0.1, 0.15) is 65.2 Å². The van der Waals surface area contributed by atoms with E-state index < -0.39 is 0 Å². The van der Waals surface area contributed by atoms with E-state index in [0.717, 1.165) is 43.7 Å². The molecule has 2 N–H and O–H groups in total. The van der Waals surface area contributed by atoms with Gasteiger partial charge in [-0.1, -0.05) is 13.8 Å². The van der Waals surface area contributed by atoms with Gasteiger partial charge in [0.2, 0.25) is 5.91 Å². The van der Waals surface area contributed by atoms with E-state index in [9.17, 15) is 4.79 Å². The van der Waals surface area contributed by atoms with Crippen LogP contribution in [-0.4, -0.2) is 25.0 Å². The average molecular weight is 280 g/mol. The monoisotopic (exact) mass is 280 g/mol. The lowest BCUT2D eigenvalue weighted by molar-refractivity contribution is -0.122. The van der Waals surface area contributed by atoms with E-state index >= 15 is 0 Å². The Labute approximate surface area is 124 Å². The van der Waals surface area contributed by atoms with Gasteiger partial charge in [-0.05, 0) is 75.8 Å². The van der Waals surface area contributed by atoms with E-state index in [1.807, 2.05) is 0 Å². The van der Waals surface area contributed by atoms with Crippen LogP contribution < -0.4 is 10.6 Å². The Kier molecular flexibility index (Phi) is 6.34. The number of carbonyl (C=O) groups is 1. The zero-order valence-electron chi connectivity index (χ0n) is 13.3. The molecule has 1 saturated heterocycles. The summed E-state index contributed by atoms with van der Waals surface area (Å²) in [5.74, 6) is 2.72. The van der Waals surface area contributed by atoms with Gasteiger partial charge in [-0.2, -0.15) is 0 Å². The molecule has 0 radical (unpaired) electrons. The molecule has 1 aliphatic heterocycles. The molecule has 0 aromatic heterocycles. The molecule has 0 atom stereocenters. The highest BCUT2D eigenvalue weighted by atomic mass is 16.1. The zero-order chi connectivity index (χ0) is 14.4. The smallest absolute Gasteiger partial charge is 0.220 e. The normalized spacial score (nSPS) is 28.6. The third-order valence-corrected chi connectivity index (χ3v) is 5.32. The lowest BCUT2D eigenvalue weighted by Gasteiger charge is -2.31. The van der Waals surface area contributed by atoms with E-state index in [2.05, 4.69) is 24.5 Å². The summed E-state index contributed by atoms with van der Waals surface area (Å²) in [5, 5.41) is 6.64. The lowest BCUT2D eigenvalue weighted by Crippen LogP contribution is -2.38. The SMILES string of the molecule is CC(C)C1CCC(NC(=O)CCC2CCNCC2)CC1. The van der Waals surface area contributed by atoms with Crippen molar-refractivity contribution >= 4 is 5.91 Å². The summed E-state index contributed by atoms with van der Waals surface area (Å²) in [5.41, 5.74) is 0. The average Bonchev–Trinajstić information content (AvgIpc) is 2.47. The fourth-order valence-corrected chi connectivity index (χ4v) is 3.74. The Balaban J connectivity index is 1.60. The first kappa shape index (κ1) is 15.8. The van der Waals surface area contributed by atoms with Gasteiger partial charge in [-0.3, -0.25) is 4.79 Å². The van der Waals surface area contributed by atoms with Crippen molar-refractivity contribution in [3.05, 3.63) is 0 Å². The van der Waals surface area contributed by atoms with Crippen LogP contribution in [0.25, 0.3) is 0 Å². The predicted octanol–water partition coefficient (Wildman–Crippen LogP) is 3.10. The molecule has 1 amide bonds. The molecule has 3 nitrogen and oxygen atoms in total. The highest BCUT2D eigenvalue weighted by molar-refractivity contribution is 5.76. The van der Waals surface area contributed by atoms with Crippen LogP contribution in [-0.2, 0) is 4.79 Å². The van der Waals surface area contributed by atoms with Crippen molar-refractivity contribution in [2.45, 2.75) is 71.3 Å². The highest BCUT2D eigenvalue weighted by Gasteiger charge is 2.24. The van der Waals surface area contributed by atoms with Gasteiger partial charge >= 0.3 is 0 Å². The minimum Gasteiger partial charge on any atom is -0.353 e. The molecule has 0 aromatic carbocycles. The van der Waals surface area contributed by atoms with Crippen LogP contribution in [0.2, 0.25) is 0 Å². The van der Waals surface area contributed by atoms with E-state index in [-0.39, 0.29) is 5.91 Å². The van der Waals surface area contributed by atoms with Crippen LogP contribution in [0, 0.1) is 17.8 Å². The number of hydrogen-bond donors (Lipinski definition) is 2. The van der Waals surface area contributed by atoms with Crippen molar-refractivity contribution in [1.29, 1.82) is 0 Å². The van der Waals surface area contributed by atoms with Crippen molar-refractivity contribution in [1.82, 2.24) is 10.6 Å². The fourth-order valence-electron chi connectivity index (χ4n) is 3.74. The van der Waals surface area contributed by atoms with Gasteiger partial charge < -0.3 is 10.6 Å². The molecule has 1 heterocycles. The molecule has 2 aliphatic rings. The molecular formula is C17H32N2O. The summed E-state index contributed by atoms with van der Waals surface area (Å²) in [6.45, 7) is 6.90. The largest absolute Gasteiger partial charge is 0.353 e.